The molecule has 36 heavy (non-hydrogen) atoms. The van der Waals surface area contributed by atoms with Gasteiger partial charge in [0.05, 0.1) is 11.4 Å². The van der Waals surface area contributed by atoms with Crippen LogP contribution in [0.3, 0.4) is 0 Å². The highest BCUT2D eigenvalue weighted by Crippen LogP contribution is 2.35. The topological polar surface area (TPSA) is 55.8 Å². The second-order valence-electron chi connectivity index (χ2n) is 9.37. The molecule has 3 aromatic carbocycles. The third kappa shape index (κ3) is 6.15. The Hall–Kier alpha value is -3.58. The highest BCUT2D eigenvalue weighted by Gasteiger charge is 2.35. The van der Waals surface area contributed by atoms with Crippen molar-refractivity contribution < 1.29 is 23.5 Å². The fraction of sp³-hybridized carbons (Fsp3) is 0.241. The molecule has 1 aliphatic rings. The van der Waals surface area contributed by atoms with Crippen LogP contribution in [-0.2, 0) is 16.8 Å². The number of amides is 2. The maximum absolute atomic E-state index is 14.0. The largest absolute Gasteiger partial charge is 0.490 e. The van der Waals surface area contributed by atoms with Crippen molar-refractivity contribution in [2.45, 2.75) is 32.7 Å². The van der Waals surface area contributed by atoms with Gasteiger partial charge in [0.1, 0.15) is 30.5 Å². The molecule has 0 aromatic heterocycles. The lowest BCUT2D eigenvalue weighted by molar-refractivity contribution is -0.123. The number of carbonyl (C=O) groups excluding carboxylic acids is 2. The van der Waals surface area contributed by atoms with Gasteiger partial charge in [-0.05, 0) is 53.1 Å². The standard InChI is InChI=1S/C29H28FNO4S/c1-29(2,3)22-12-14-23(15-13-22)34-16-17-35-25-11-7-5-8-20(25)18-26-27(32)31(28(33)36-26)19-21-9-4-6-10-24(21)30/h4-15,18H,16-17,19H2,1-3H3/b26-18-. The van der Waals surface area contributed by atoms with Gasteiger partial charge in [0.15, 0.2) is 0 Å². The molecule has 0 atom stereocenters. The van der Waals surface area contributed by atoms with Crippen LogP contribution in [0.5, 0.6) is 11.5 Å². The van der Waals surface area contributed by atoms with E-state index in [0.717, 1.165) is 22.4 Å². The molecule has 2 amide bonds. The summed E-state index contributed by atoms with van der Waals surface area (Å²) < 4.78 is 25.7. The van der Waals surface area contributed by atoms with Crippen molar-refractivity contribution in [3.8, 4) is 11.5 Å². The predicted molar refractivity (Wildman–Crippen MR) is 140 cm³/mol. The SMILES string of the molecule is CC(C)(C)c1ccc(OCCOc2ccccc2/C=C2\SC(=O)N(Cc3ccccc3F)C2=O)cc1. The average molecular weight is 506 g/mol. The fourth-order valence-electron chi connectivity index (χ4n) is 3.67. The van der Waals surface area contributed by atoms with Crippen LogP contribution in [-0.4, -0.2) is 29.3 Å². The summed E-state index contributed by atoms with van der Waals surface area (Å²) in [5.41, 5.74) is 2.28. The zero-order valence-electron chi connectivity index (χ0n) is 20.5. The van der Waals surface area contributed by atoms with Gasteiger partial charge in [-0.3, -0.25) is 14.5 Å². The number of hydrogen-bond donors (Lipinski definition) is 0. The lowest BCUT2D eigenvalue weighted by Gasteiger charge is -2.19. The first-order valence-electron chi connectivity index (χ1n) is 11.7. The van der Waals surface area contributed by atoms with Crippen LogP contribution in [0.25, 0.3) is 6.08 Å². The van der Waals surface area contributed by atoms with Crippen molar-refractivity contribution >= 4 is 29.0 Å². The number of carbonyl (C=O) groups is 2. The summed E-state index contributed by atoms with van der Waals surface area (Å²) in [6.07, 6.45) is 1.63. The van der Waals surface area contributed by atoms with Crippen molar-refractivity contribution in [3.05, 3.63) is 100 Å². The van der Waals surface area contributed by atoms with Crippen LogP contribution < -0.4 is 9.47 Å². The second kappa shape index (κ2) is 11.0. The van der Waals surface area contributed by atoms with Gasteiger partial charge in [0.2, 0.25) is 0 Å². The smallest absolute Gasteiger partial charge is 0.293 e. The Morgan fingerprint density at radius 3 is 2.28 bits per heavy atom. The van der Waals surface area contributed by atoms with Crippen molar-refractivity contribution in [2.24, 2.45) is 0 Å². The Kier molecular flexibility index (Phi) is 7.79. The van der Waals surface area contributed by atoms with Gasteiger partial charge in [0, 0.05) is 11.1 Å². The Bertz CT molecular complexity index is 1280. The summed E-state index contributed by atoms with van der Waals surface area (Å²) in [4.78, 5) is 26.7. The molecule has 1 heterocycles. The van der Waals surface area contributed by atoms with E-state index in [1.165, 1.54) is 11.6 Å². The Morgan fingerprint density at radius 1 is 0.889 bits per heavy atom. The molecule has 0 saturated carbocycles. The first-order valence-corrected chi connectivity index (χ1v) is 12.5. The van der Waals surface area contributed by atoms with Crippen LogP contribution in [0.4, 0.5) is 9.18 Å². The molecule has 7 heteroatoms. The Balaban J connectivity index is 1.38. The molecule has 5 nitrogen and oxygen atoms in total. The van der Waals surface area contributed by atoms with Crippen LogP contribution in [0.2, 0.25) is 0 Å². The number of thioether (sulfide) groups is 1. The summed E-state index contributed by atoms with van der Waals surface area (Å²) in [6.45, 7) is 7.04. The molecule has 0 N–H and O–H groups in total. The minimum absolute atomic E-state index is 0.0816. The number of benzene rings is 3. The predicted octanol–water partition coefficient (Wildman–Crippen LogP) is 6.82. The maximum atomic E-state index is 14.0. The van der Waals surface area contributed by atoms with E-state index in [2.05, 4.69) is 32.9 Å². The number of halogens is 1. The summed E-state index contributed by atoms with van der Waals surface area (Å²) >= 11 is 0.835. The van der Waals surface area contributed by atoms with Crippen molar-refractivity contribution in [1.82, 2.24) is 4.90 Å². The molecule has 3 aromatic rings. The van der Waals surface area contributed by atoms with E-state index >= 15 is 0 Å². The number of para-hydroxylation sites is 1. The van der Waals surface area contributed by atoms with E-state index in [0.29, 0.717) is 24.5 Å². The van der Waals surface area contributed by atoms with Crippen LogP contribution in [0.1, 0.15) is 37.5 Å². The molecule has 1 saturated heterocycles. The van der Waals surface area contributed by atoms with Gasteiger partial charge < -0.3 is 9.47 Å². The number of rotatable bonds is 8. The molecule has 186 valence electrons. The van der Waals surface area contributed by atoms with E-state index in [9.17, 15) is 14.0 Å². The van der Waals surface area contributed by atoms with Gasteiger partial charge in [-0.25, -0.2) is 4.39 Å². The Morgan fingerprint density at radius 2 is 1.56 bits per heavy atom. The molecule has 0 radical (unpaired) electrons. The minimum Gasteiger partial charge on any atom is -0.490 e. The highest BCUT2D eigenvalue weighted by atomic mass is 32.2. The van der Waals surface area contributed by atoms with Gasteiger partial charge in [0.25, 0.3) is 11.1 Å². The molecular formula is C29H28FNO4S. The van der Waals surface area contributed by atoms with Crippen molar-refractivity contribution in [3.63, 3.8) is 0 Å². The van der Waals surface area contributed by atoms with Gasteiger partial charge >= 0.3 is 0 Å². The number of hydrogen-bond acceptors (Lipinski definition) is 5. The van der Waals surface area contributed by atoms with E-state index in [-0.39, 0.29) is 22.4 Å². The van der Waals surface area contributed by atoms with Crippen LogP contribution in [0.15, 0.2) is 77.7 Å². The molecule has 1 fully saturated rings. The molecule has 4 rings (SSSR count). The van der Waals surface area contributed by atoms with Crippen molar-refractivity contribution in [1.29, 1.82) is 0 Å². The summed E-state index contributed by atoms with van der Waals surface area (Å²) in [5, 5.41) is -0.432. The van der Waals surface area contributed by atoms with Gasteiger partial charge in [-0.2, -0.15) is 0 Å². The molecule has 0 bridgehead atoms. The molecular weight excluding hydrogens is 477 g/mol. The van der Waals surface area contributed by atoms with E-state index in [1.807, 2.05) is 30.3 Å². The van der Waals surface area contributed by atoms with Gasteiger partial charge in [-0.1, -0.05) is 69.3 Å². The zero-order valence-corrected chi connectivity index (χ0v) is 21.3. The van der Waals surface area contributed by atoms with Gasteiger partial charge in [-0.15, -0.1) is 0 Å². The lowest BCUT2D eigenvalue weighted by Crippen LogP contribution is -2.27. The molecule has 0 unspecified atom stereocenters. The maximum Gasteiger partial charge on any atom is 0.293 e. The first kappa shape index (κ1) is 25.5. The monoisotopic (exact) mass is 505 g/mol. The normalized spacial score (nSPS) is 15.0. The zero-order chi connectivity index (χ0) is 25.7. The lowest BCUT2D eigenvalue weighted by atomic mass is 9.87. The quantitative estimate of drug-likeness (QED) is 0.248. The van der Waals surface area contributed by atoms with Crippen LogP contribution in [0, 0.1) is 5.82 Å². The van der Waals surface area contributed by atoms with E-state index in [4.69, 9.17) is 9.47 Å². The average Bonchev–Trinajstić information content (AvgIpc) is 3.11. The number of ether oxygens (including phenoxy) is 2. The summed E-state index contributed by atoms with van der Waals surface area (Å²) in [7, 11) is 0. The Labute approximate surface area is 214 Å². The summed E-state index contributed by atoms with van der Waals surface area (Å²) in [5.74, 6) is 0.435. The summed E-state index contributed by atoms with van der Waals surface area (Å²) in [6, 6.07) is 21.4. The minimum atomic E-state index is -0.454. The third-order valence-corrected chi connectivity index (χ3v) is 6.60. The number of imide groups is 1. The third-order valence-electron chi connectivity index (χ3n) is 5.70. The molecule has 0 aliphatic carbocycles. The highest BCUT2D eigenvalue weighted by molar-refractivity contribution is 8.18. The van der Waals surface area contributed by atoms with E-state index < -0.39 is 17.0 Å². The first-order chi connectivity index (χ1) is 17.2. The second-order valence-corrected chi connectivity index (χ2v) is 10.4. The fourth-order valence-corrected chi connectivity index (χ4v) is 4.50. The van der Waals surface area contributed by atoms with Crippen molar-refractivity contribution in [2.75, 3.05) is 13.2 Å². The molecule has 1 aliphatic heterocycles. The van der Waals surface area contributed by atoms with E-state index in [1.54, 1.807) is 30.3 Å². The molecule has 0 spiro atoms. The van der Waals surface area contributed by atoms with Crippen LogP contribution >= 0.6 is 11.8 Å². The number of nitrogens with zero attached hydrogens (tertiary/aromatic N) is 1.